The molecule has 1 aliphatic carbocycles. The van der Waals surface area contributed by atoms with Crippen LogP contribution < -0.4 is 0 Å². The van der Waals surface area contributed by atoms with Crippen molar-refractivity contribution >= 4 is 0 Å². The van der Waals surface area contributed by atoms with Crippen LogP contribution in [0.25, 0.3) is 33.9 Å². The van der Waals surface area contributed by atoms with Gasteiger partial charge in [0.15, 0.2) is 11.6 Å². The number of hydrogen-bond acceptors (Lipinski definition) is 4. The fourth-order valence-electron chi connectivity index (χ4n) is 3.90. The number of hydrogen-bond donors (Lipinski definition) is 0. The molecule has 0 spiro atoms. The van der Waals surface area contributed by atoms with Gasteiger partial charge in [0.05, 0.1) is 11.8 Å². The average Bonchev–Trinajstić information content (AvgIpc) is 3.29. The lowest BCUT2D eigenvalue weighted by atomic mass is 9.82. The van der Waals surface area contributed by atoms with Crippen molar-refractivity contribution in [1.29, 1.82) is 0 Å². The van der Waals surface area contributed by atoms with Crippen LogP contribution in [0.3, 0.4) is 0 Å². The van der Waals surface area contributed by atoms with E-state index in [2.05, 4.69) is 66.3 Å². The Balaban J connectivity index is 1.76. The quantitative estimate of drug-likeness (QED) is 0.509. The predicted molar refractivity (Wildman–Crippen MR) is 101 cm³/mol. The Morgan fingerprint density at radius 1 is 0.808 bits per heavy atom. The molecule has 4 nitrogen and oxygen atoms in total. The molecule has 4 aromatic rings. The van der Waals surface area contributed by atoms with Crippen LogP contribution in [0.2, 0.25) is 0 Å². The summed E-state index contributed by atoms with van der Waals surface area (Å²) in [5, 5.41) is 0. The van der Waals surface area contributed by atoms with E-state index < -0.39 is 0 Å². The number of benzene rings is 2. The van der Waals surface area contributed by atoms with E-state index in [-0.39, 0.29) is 5.41 Å². The highest BCUT2D eigenvalue weighted by Crippen LogP contribution is 2.51. The molecule has 0 aliphatic heterocycles. The lowest BCUT2D eigenvalue weighted by Crippen LogP contribution is -2.14. The maximum atomic E-state index is 5.16. The number of aromatic nitrogens is 3. The van der Waals surface area contributed by atoms with Crippen molar-refractivity contribution in [1.82, 2.24) is 15.0 Å². The van der Waals surface area contributed by atoms with Gasteiger partial charge in [0, 0.05) is 11.0 Å². The minimum atomic E-state index is -0.0393. The molecule has 0 bridgehead atoms. The van der Waals surface area contributed by atoms with Crippen LogP contribution in [0.15, 0.2) is 71.8 Å². The molecule has 26 heavy (non-hydrogen) atoms. The maximum absolute atomic E-state index is 5.16. The summed E-state index contributed by atoms with van der Waals surface area (Å²) in [4.78, 5) is 13.5. The zero-order chi connectivity index (χ0) is 17.7. The van der Waals surface area contributed by atoms with Crippen LogP contribution in [0.4, 0.5) is 0 Å². The van der Waals surface area contributed by atoms with Crippen molar-refractivity contribution in [2.75, 3.05) is 0 Å². The number of furan rings is 1. The minimum Gasteiger partial charge on any atom is -0.472 e. The van der Waals surface area contributed by atoms with E-state index in [0.29, 0.717) is 11.6 Å². The van der Waals surface area contributed by atoms with Crippen molar-refractivity contribution in [2.24, 2.45) is 0 Å². The fraction of sp³-hybridized carbons (Fsp3) is 0.136. The summed E-state index contributed by atoms with van der Waals surface area (Å²) in [6, 6.07) is 16.8. The summed E-state index contributed by atoms with van der Waals surface area (Å²) >= 11 is 0. The Morgan fingerprint density at radius 2 is 1.58 bits per heavy atom. The van der Waals surface area contributed by atoms with Gasteiger partial charge in [0.25, 0.3) is 0 Å². The summed E-state index contributed by atoms with van der Waals surface area (Å²) in [6.07, 6.45) is 4.83. The molecule has 0 unspecified atom stereocenters. The van der Waals surface area contributed by atoms with Gasteiger partial charge in [-0.3, -0.25) is 0 Å². The van der Waals surface area contributed by atoms with Gasteiger partial charge >= 0.3 is 0 Å². The highest BCUT2D eigenvalue weighted by molar-refractivity contribution is 5.90. The van der Waals surface area contributed by atoms with Crippen LogP contribution in [-0.2, 0) is 5.41 Å². The van der Waals surface area contributed by atoms with E-state index >= 15 is 0 Å². The first kappa shape index (κ1) is 15.0. The van der Waals surface area contributed by atoms with Gasteiger partial charge in [-0.2, -0.15) is 0 Å². The third-order valence-corrected chi connectivity index (χ3v) is 5.20. The number of nitrogens with zero attached hydrogens (tertiary/aromatic N) is 3. The second-order valence-electron chi connectivity index (χ2n) is 7.04. The van der Waals surface area contributed by atoms with Crippen LogP contribution >= 0.6 is 0 Å². The lowest BCUT2D eigenvalue weighted by Gasteiger charge is -2.21. The molecule has 2 heterocycles. The van der Waals surface area contributed by atoms with Gasteiger partial charge in [0.1, 0.15) is 12.6 Å². The first-order valence-electron chi connectivity index (χ1n) is 8.61. The van der Waals surface area contributed by atoms with E-state index in [9.17, 15) is 0 Å². The van der Waals surface area contributed by atoms with E-state index in [4.69, 9.17) is 9.40 Å². The second-order valence-corrected chi connectivity index (χ2v) is 7.04. The highest BCUT2D eigenvalue weighted by Gasteiger charge is 2.36. The molecule has 1 aliphatic rings. The molecule has 2 aromatic carbocycles. The Hall–Kier alpha value is -3.27. The molecule has 0 fully saturated rings. The first-order valence-corrected chi connectivity index (χ1v) is 8.61. The van der Waals surface area contributed by atoms with Crippen molar-refractivity contribution < 1.29 is 4.42 Å². The van der Waals surface area contributed by atoms with Gasteiger partial charge in [-0.25, -0.2) is 15.0 Å². The smallest absolute Gasteiger partial charge is 0.166 e. The molecule has 5 rings (SSSR count). The van der Waals surface area contributed by atoms with Crippen LogP contribution in [0.1, 0.15) is 25.0 Å². The minimum absolute atomic E-state index is 0.0393. The van der Waals surface area contributed by atoms with E-state index in [0.717, 1.165) is 11.1 Å². The van der Waals surface area contributed by atoms with E-state index in [1.54, 1.807) is 18.9 Å². The molecule has 126 valence electrons. The first-order chi connectivity index (χ1) is 12.7. The molecular formula is C22H17N3O. The molecule has 0 amide bonds. The zero-order valence-corrected chi connectivity index (χ0v) is 14.6. The number of fused-ring (bicyclic) bond motifs is 3. The Kier molecular flexibility index (Phi) is 3.10. The highest BCUT2D eigenvalue weighted by atomic mass is 16.3. The van der Waals surface area contributed by atoms with Gasteiger partial charge in [-0.1, -0.05) is 56.3 Å². The molecule has 0 saturated heterocycles. The monoisotopic (exact) mass is 339 g/mol. The summed E-state index contributed by atoms with van der Waals surface area (Å²) in [7, 11) is 0. The van der Waals surface area contributed by atoms with Crippen molar-refractivity contribution in [3.63, 3.8) is 0 Å². The molecule has 0 radical (unpaired) electrons. The molecular weight excluding hydrogens is 322 g/mol. The van der Waals surface area contributed by atoms with E-state index in [1.165, 1.54) is 22.3 Å². The standard InChI is InChI=1S/C22H17N3O/c1-22(2)17-8-4-3-6-15(17)19-16(7-5-9-18(19)22)21-24-13-23-20(25-21)14-10-11-26-12-14/h3-13H,1-2H3. The second kappa shape index (κ2) is 5.36. The normalized spacial score (nSPS) is 14.1. The summed E-state index contributed by atoms with van der Waals surface area (Å²) in [5.41, 5.74) is 6.97. The summed E-state index contributed by atoms with van der Waals surface area (Å²) < 4.78 is 5.16. The third kappa shape index (κ3) is 2.05. The molecule has 0 saturated carbocycles. The predicted octanol–water partition coefficient (Wildman–Crippen LogP) is 5.10. The van der Waals surface area contributed by atoms with Crippen molar-refractivity contribution in [3.8, 4) is 33.9 Å². The maximum Gasteiger partial charge on any atom is 0.166 e. The van der Waals surface area contributed by atoms with Gasteiger partial charge in [0.2, 0.25) is 0 Å². The SMILES string of the molecule is CC1(C)c2ccccc2-c2c(-c3ncnc(-c4ccoc4)n3)cccc21. The fourth-order valence-corrected chi connectivity index (χ4v) is 3.90. The van der Waals surface area contributed by atoms with Gasteiger partial charge in [-0.15, -0.1) is 0 Å². The van der Waals surface area contributed by atoms with Crippen LogP contribution in [0.5, 0.6) is 0 Å². The van der Waals surface area contributed by atoms with Crippen LogP contribution in [-0.4, -0.2) is 15.0 Å². The van der Waals surface area contributed by atoms with Crippen molar-refractivity contribution in [3.05, 3.63) is 78.5 Å². The molecule has 4 heteroatoms. The average molecular weight is 339 g/mol. The van der Waals surface area contributed by atoms with Gasteiger partial charge < -0.3 is 4.42 Å². The zero-order valence-electron chi connectivity index (χ0n) is 14.6. The summed E-state index contributed by atoms with van der Waals surface area (Å²) in [6.45, 7) is 4.54. The van der Waals surface area contributed by atoms with Crippen LogP contribution in [0, 0.1) is 0 Å². The Morgan fingerprint density at radius 3 is 2.42 bits per heavy atom. The largest absolute Gasteiger partial charge is 0.472 e. The molecule has 0 atom stereocenters. The topological polar surface area (TPSA) is 51.8 Å². The van der Waals surface area contributed by atoms with Gasteiger partial charge in [-0.05, 0) is 28.3 Å². The Labute approximate surface area is 151 Å². The molecule has 0 N–H and O–H groups in total. The Bertz CT molecular complexity index is 1110. The number of rotatable bonds is 2. The summed E-state index contributed by atoms with van der Waals surface area (Å²) in [5.74, 6) is 1.30. The van der Waals surface area contributed by atoms with Crippen molar-refractivity contribution in [2.45, 2.75) is 19.3 Å². The lowest BCUT2D eigenvalue weighted by molar-refractivity contribution is 0.568. The van der Waals surface area contributed by atoms with E-state index in [1.807, 2.05) is 6.07 Å². The molecule has 2 aromatic heterocycles. The third-order valence-electron chi connectivity index (χ3n) is 5.20.